The molecule has 0 spiro atoms. The Balaban J connectivity index is 2.40. The highest BCUT2D eigenvalue weighted by molar-refractivity contribution is 7.99. The van der Waals surface area contributed by atoms with Crippen molar-refractivity contribution in [2.45, 2.75) is 0 Å². The van der Waals surface area contributed by atoms with Gasteiger partial charge in [-0.15, -0.1) is 0 Å². The average Bonchev–Trinajstić information content (AvgIpc) is 2.38. The number of aromatic nitrogens is 1. The molecular formula is C11H10N4S. The number of rotatable bonds is 1. The zero-order valence-electron chi connectivity index (χ0n) is 8.68. The van der Waals surface area contributed by atoms with E-state index in [0.29, 0.717) is 16.9 Å². The van der Waals surface area contributed by atoms with Crippen LogP contribution in [0.25, 0.3) is 0 Å². The Morgan fingerprint density at radius 3 is 2.62 bits per heavy atom. The van der Waals surface area contributed by atoms with Crippen LogP contribution in [0.15, 0.2) is 12.3 Å². The quantitative estimate of drug-likeness (QED) is 0.729. The minimum absolute atomic E-state index is 0.400. The Labute approximate surface area is 98.5 Å². The Kier molecular flexibility index (Phi) is 3.28. The first kappa shape index (κ1) is 10.8. The van der Waals surface area contributed by atoms with Crippen LogP contribution < -0.4 is 4.90 Å². The van der Waals surface area contributed by atoms with Crippen molar-refractivity contribution in [3.63, 3.8) is 0 Å². The highest BCUT2D eigenvalue weighted by Crippen LogP contribution is 2.22. The van der Waals surface area contributed by atoms with Crippen LogP contribution in [0.5, 0.6) is 0 Å². The molecule has 5 heteroatoms. The average molecular weight is 230 g/mol. The summed E-state index contributed by atoms with van der Waals surface area (Å²) in [7, 11) is 0. The molecule has 1 saturated heterocycles. The Hall–Kier alpha value is -1.72. The maximum Gasteiger partial charge on any atom is 0.147 e. The van der Waals surface area contributed by atoms with Crippen LogP contribution in [0.1, 0.15) is 11.1 Å². The molecule has 80 valence electrons. The highest BCUT2D eigenvalue weighted by atomic mass is 32.2. The molecule has 0 aliphatic carbocycles. The van der Waals surface area contributed by atoms with Crippen molar-refractivity contribution in [3.05, 3.63) is 23.4 Å². The zero-order chi connectivity index (χ0) is 11.4. The van der Waals surface area contributed by atoms with Gasteiger partial charge in [-0.3, -0.25) is 0 Å². The van der Waals surface area contributed by atoms with E-state index in [2.05, 4.69) is 16.0 Å². The summed E-state index contributed by atoms with van der Waals surface area (Å²) < 4.78 is 0. The molecule has 1 fully saturated rings. The number of nitriles is 2. The van der Waals surface area contributed by atoms with E-state index in [1.807, 2.05) is 17.8 Å². The van der Waals surface area contributed by atoms with Crippen molar-refractivity contribution in [1.82, 2.24) is 4.98 Å². The van der Waals surface area contributed by atoms with Crippen LogP contribution in [-0.4, -0.2) is 29.6 Å². The monoisotopic (exact) mass is 230 g/mol. The molecule has 0 bridgehead atoms. The van der Waals surface area contributed by atoms with Gasteiger partial charge in [0.2, 0.25) is 0 Å². The summed E-state index contributed by atoms with van der Waals surface area (Å²) in [5.74, 6) is 2.74. The Bertz CT molecular complexity index is 466. The molecule has 0 amide bonds. The molecule has 4 nitrogen and oxygen atoms in total. The maximum absolute atomic E-state index is 9.09. The fourth-order valence-corrected chi connectivity index (χ4v) is 2.57. The maximum atomic E-state index is 9.09. The molecule has 1 aromatic rings. The van der Waals surface area contributed by atoms with Gasteiger partial charge < -0.3 is 4.90 Å². The summed E-state index contributed by atoms with van der Waals surface area (Å²) in [4.78, 5) is 6.30. The molecule has 1 aliphatic rings. The van der Waals surface area contributed by atoms with Crippen LogP contribution in [0, 0.1) is 22.7 Å². The summed E-state index contributed by atoms with van der Waals surface area (Å²) >= 11 is 1.90. The topological polar surface area (TPSA) is 63.7 Å². The van der Waals surface area contributed by atoms with E-state index in [1.165, 1.54) is 0 Å². The van der Waals surface area contributed by atoms with E-state index in [-0.39, 0.29) is 0 Å². The third-order valence-electron chi connectivity index (χ3n) is 2.47. The summed E-state index contributed by atoms with van der Waals surface area (Å²) in [5, 5.41) is 18.0. The molecule has 2 rings (SSSR count). The second kappa shape index (κ2) is 4.87. The van der Waals surface area contributed by atoms with Gasteiger partial charge in [-0.1, -0.05) is 0 Å². The number of hydrogen-bond acceptors (Lipinski definition) is 5. The minimum Gasteiger partial charge on any atom is -0.354 e. The van der Waals surface area contributed by atoms with Gasteiger partial charge in [-0.25, -0.2) is 4.98 Å². The molecule has 0 radical (unpaired) electrons. The lowest BCUT2D eigenvalue weighted by molar-refractivity contribution is 0.837. The molecule has 1 aliphatic heterocycles. The Morgan fingerprint density at radius 1 is 1.25 bits per heavy atom. The first-order valence-corrected chi connectivity index (χ1v) is 6.14. The summed E-state index contributed by atoms with van der Waals surface area (Å²) in [6, 6.07) is 5.69. The molecule has 0 atom stereocenters. The first-order chi connectivity index (χ1) is 7.86. The van der Waals surface area contributed by atoms with Crippen LogP contribution >= 0.6 is 11.8 Å². The first-order valence-electron chi connectivity index (χ1n) is 4.98. The largest absolute Gasteiger partial charge is 0.354 e. The SMILES string of the molecule is N#Cc1ccnc(N2CCSCC2)c1C#N. The number of anilines is 1. The molecule has 1 aromatic heterocycles. The van der Waals surface area contributed by atoms with Gasteiger partial charge in [-0.2, -0.15) is 22.3 Å². The molecule has 2 heterocycles. The zero-order valence-corrected chi connectivity index (χ0v) is 9.50. The van der Waals surface area contributed by atoms with Crippen LogP contribution in [0.4, 0.5) is 5.82 Å². The number of pyridine rings is 1. The van der Waals surface area contributed by atoms with Crippen LogP contribution in [-0.2, 0) is 0 Å². The van der Waals surface area contributed by atoms with E-state index >= 15 is 0 Å². The molecular weight excluding hydrogens is 220 g/mol. The molecule has 0 unspecified atom stereocenters. The van der Waals surface area contributed by atoms with E-state index in [1.54, 1.807) is 12.3 Å². The van der Waals surface area contributed by atoms with Gasteiger partial charge >= 0.3 is 0 Å². The van der Waals surface area contributed by atoms with Crippen molar-refractivity contribution < 1.29 is 0 Å². The third kappa shape index (κ3) is 1.95. The van der Waals surface area contributed by atoms with Gasteiger partial charge in [0.15, 0.2) is 0 Å². The smallest absolute Gasteiger partial charge is 0.147 e. The van der Waals surface area contributed by atoms with Gasteiger partial charge in [0, 0.05) is 30.8 Å². The van der Waals surface area contributed by atoms with Crippen molar-refractivity contribution >= 4 is 17.6 Å². The standard InChI is InChI=1S/C11H10N4S/c12-7-9-1-2-14-11(10(9)8-13)15-3-5-16-6-4-15/h1-2H,3-6H2. The van der Waals surface area contributed by atoms with E-state index in [0.717, 1.165) is 24.6 Å². The van der Waals surface area contributed by atoms with Crippen molar-refractivity contribution in [2.24, 2.45) is 0 Å². The predicted molar refractivity (Wildman–Crippen MR) is 63.2 cm³/mol. The highest BCUT2D eigenvalue weighted by Gasteiger charge is 2.18. The molecule has 16 heavy (non-hydrogen) atoms. The van der Waals surface area contributed by atoms with Gasteiger partial charge in [0.25, 0.3) is 0 Å². The fourth-order valence-electron chi connectivity index (χ4n) is 1.67. The lowest BCUT2D eigenvalue weighted by Gasteiger charge is -2.28. The van der Waals surface area contributed by atoms with E-state index in [4.69, 9.17) is 10.5 Å². The minimum atomic E-state index is 0.400. The normalized spacial score (nSPS) is 15.2. The summed E-state index contributed by atoms with van der Waals surface area (Å²) in [5.41, 5.74) is 0.808. The van der Waals surface area contributed by atoms with Crippen molar-refractivity contribution in [3.8, 4) is 12.1 Å². The number of nitrogens with zero attached hydrogens (tertiary/aromatic N) is 4. The van der Waals surface area contributed by atoms with Crippen LogP contribution in [0.3, 0.4) is 0 Å². The van der Waals surface area contributed by atoms with E-state index < -0.39 is 0 Å². The Morgan fingerprint density at radius 2 is 2.00 bits per heavy atom. The lowest BCUT2D eigenvalue weighted by Crippen LogP contribution is -2.33. The number of thioether (sulfide) groups is 1. The second-order valence-corrected chi connectivity index (χ2v) is 4.60. The summed E-state index contributed by atoms with van der Waals surface area (Å²) in [6.45, 7) is 1.78. The van der Waals surface area contributed by atoms with Crippen molar-refractivity contribution in [1.29, 1.82) is 10.5 Å². The van der Waals surface area contributed by atoms with Crippen molar-refractivity contribution in [2.75, 3.05) is 29.5 Å². The van der Waals surface area contributed by atoms with Gasteiger partial charge in [0.05, 0.1) is 5.56 Å². The number of hydrogen-bond donors (Lipinski definition) is 0. The van der Waals surface area contributed by atoms with Gasteiger partial charge in [-0.05, 0) is 6.07 Å². The molecule has 0 N–H and O–H groups in total. The predicted octanol–water partition coefficient (Wildman–Crippen LogP) is 1.38. The van der Waals surface area contributed by atoms with Gasteiger partial charge in [0.1, 0.15) is 23.5 Å². The van der Waals surface area contributed by atoms with Crippen LogP contribution in [0.2, 0.25) is 0 Å². The summed E-state index contributed by atoms with van der Waals surface area (Å²) in [6.07, 6.45) is 1.59. The third-order valence-corrected chi connectivity index (χ3v) is 3.42. The fraction of sp³-hybridized carbons (Fsp3) is 0.364. The molecule has 0 aromatic carbocycles. The lowest BCUT2D eigenvalue weighted by atomic mass is 10.1. The second-order valence-electron chi connectivity index (χ2n) is 3.38. The van der Waals surface area contributed by atoms with E-state index in [9.17, 15) is 0 Å². The molecule has 0 saturated carbocycles.